The quantitative estimate of drug-likeness (QED) is 0.809. The second kappa shape index (κ2) is 6.16. The van der Waals surface area contributed by atoms with Gasteiger partial charge < -0.3 is 10.2 Å². The van der Waals surface area contributed by atoms with Crippen molar-refractivity contribution in [1.29, 1.82) is 0 Å². The molecule has 0 saturated carbocycles. The molecule has 2 saturated heterocycles. The first-order valence-electron chi connectivity index (χ1n) is 6.82. The summed E-state index contributed by atoms with van der Waals surface area (Å²) in [6.07, 6.45) is 6.28. The van der Waals surface area contributed by atoms with E-state index in [1.54, 1.807) is 0 Å². The molecule has 0 aliphatic carbocycles. The van der Waals surface area contributed by atoms with E-state index in [1.807, 2.05) is 0 Å². The molecule has 1 N–H and O–H groups in total. The monoisotopic (exact) mass is 260 g/mol. The first-order valence-corrected chi connectivity index (χ1v) is 8.64. The second-order valence-electron chi connectivity index (χ2n) is 5.31. The van der Waals surface area contributed by atoms with E-state index in [0.29, 0.717) is 18.1 Å². The molecular weight excluding hydrogens is 236 g/mol. The highest BCUT2D eigenvalue weighted by molar-refractivity contribution is 7.91. The number of sulfone groups is 1. The van der Waals surface area contributed by atoms with E-state index >= 15 is 0 Å². The molecule has 0 aromatic rings. The van der Waals surface area contributed by atoms with Gasteiger partial charge in [0.05, 0.1) is 11.5 Å². The number of hydrogen-bond donors (Lipinski definition) is 1. The summed E-state index contributed by atoms with van der Waals surface area (Å²) in [5.74, 6) is 0.647. The number of rotatable bonds is 3. The van der Waals surface area contributed by atoms with Crippen molar-refractivity contribution >= 4 is 9.84 Å². The van der Waals surface area contributed by atoms with Gasteiger partial charge in [0.25, 0.3) is 0 Å². The van der Waals surface area contributed by atoms with Crippen LogP contribution in [0.25, 0.3) is 0 Å². The molecule has 0 radical (unpaired) electrons. The molecule has 0 aromatic heterocycles. The summed E-state index contributed by atoms with van der Waals surface area (Å²) in [5.41, 5.74) is 0. The molecule has 2 heterocycles. The predicted molar refractivity (Wildman–Crippen MR) is 70.0 cm³/mol. The van der Waals surface area contributed by atoms with Crippen LogP contribution in [0.4, 0.5) is 0 Å². The SMILES string of the molecule is O=S1(=O)CCNC(CCN2CCCCCC2)C1. The van der Waals surface area contributed by atoms with Crippen molar-refractivity contribution in [3.8, 4) is 0 Å². The van der Waals surface area contributed by atoms with Crippen molar-refractivity contribution in [2.45, 2.75) is 38.1 Å². The molecule has 0 amide bonds. The van der Waals surface area contributed by atoms with Crippen LogP contribution in [-0.4, -0.2) is 57.0 Å². The van der Waals surface area contributed by atoms with Crippen molar-refractivity contribution in [2.24, 2.45) is 0 Å². The smallest absolute Gasteiger partial charge is 0.153 e. The van der Waals surface area contributed by atoms with Crippen LogP contribution in [0, 0.1) is 0 Å². The van der Waals surface area contributed by atoms with Gasteiger partial charge in [0.1, 0.15) is 0 Å². The van der Waals surface area contributed by atoms with Gasteiger partial charge in [-0.2, -0.15) is 0 Å². The minimum Gasteiger partial charge on any atom is -0.312 e. The van der Waals surface area contributed by atoms with Gasteiger partial charge in [-0.3, -0.25) is 0 Å². The maximum Gasteiger partial charge on any atom is 0.153 e. The van der Waals surface area contributed by atoms with Gasteiger partial charge in [-0.25, -0.2) is 8.42 Å². The minimum absolute atomic E-state index is 0.178. The zero-order chi connectivity index (χ0) is 12.1. The van der Waals surface area contributed by atoms with Gasteiger partial charge in [-0.1, -0.05) is 12.8 Å². The van der Waals surface area contributed by atoms with Crippen molar-refractivity contribution in [3.05, 3.63) is 0 Å². The highest BCUT2D eigenvalue weighted by Crippen LogP contribution is 2.11. The van der Waals surface area contributed by atoms with Crippen molar-refractivity contribution in [3.63, 3.8) is 0 Å². The molecule has 17 heavy (non-hydrogen) atoms. The van der Waals surface area contributed by atoms with Crippen LogP contribution in [0.15, 0.2) is 0 Å². The fourth-order valence-corrected chi connectivity index (χ4v) is 4.24. The lowest BCUT2D eigenvalue weighted by Crippen LogP contribution is -2.46. The highest BCUT2D eigenvalue weighted by atomic mass is 32.2. The summed E-state index contributed by atoms with van der Waals surface area (Å²) in [5, 5.41) is 3.32. The molecule has 2 aliphatic rings. The summed E-state index contributed by atoms with van der Waals surface area (Å²) in [7, 11) is -2.77. The van der Waals surface area contributed by atoms with Crippen LogP contribution >= 0.6 is 0 Å². The topological polar surface area (TPSA) is 49.4 Å². The molecular formula is C12H24N2O2S. The van der Waals surface area contributed by atoms with E-state index in [2.05, 4.69) is 10.2 Å². The number of nitrogens with one attached hydrogen (secondary N) is 1. The summed E-state index contributed by atoms with van der Waals surface area (Å²) >= 11 is 0. The number of likely N-dealkylation sites (tertiary alicyclic amines) is 1. The lowest BCUT2D eigenvalue weighted by Gasteiger charge is -2.27. The third-order valence-electron chi connectivity index (χ3n) is 3.79. The van der Waals surface area contributed by atoms with Crippen LogP contribution < -0.4 is 5.32 Å². The Morgan fingerprint density at radius 1 is 1.12 bits per heavy atom. The summed E-state index contributed by atoms with van der Waals surface area (Å²) in [6, 6.07) is 0.178. The van der Waals surface area contributed by atoms with Crippen molar-refractivity contribution < 1.29 is 8.42 Å². The largest absolute Gasteiger partial charge is 0.312 e. The Morgan fingerprint density at radius 3 is 2.47 bits per heavy atom. The van der Waals surface area contributed by atoms with E-state index in [4.69, 9.17) is 0 Å². The molecule has 1 atom stereocenters. The molecule has 4 nitrogen and oxygen atoms in total. The van der Waals surface area contributed by atoms with Crippen LogP contribution in [0.2, 0.25) is 0 Å². The standard InChI is InChI=1S/C12H24N2O2S/c15-17(16)10-6-13-12(11-17)5-9-14-7-3-1-2-4-8-14/h12-13H,1-11H2. The van der Waals surface area contributed by atoms with Crippen molar-refractivity contribution in [1.82, 2.24) is 10.2 Å². The summed E-state index contributed by atoms with van der Waals surface area (Å²) < 4.78 is 23.0. The van der Waals surface area contributed by atoms with Gasteiger partial charge in [-0.15, -0.1) is 0 Å². The molecule has 0 bridgehead atoms. The van der Waals surface area contributed by atoms with Crippen molar-refractivity contribution in [2.75, 3.05) is 37.7 Å². The Morgan fingerprint density at radius 2 is 1.82 bits per heavy atom. The van der Waals surface area contributed by atoms with Crippen LogP contribution in [0.3, 0.4) is 0 Å². The second-order valence-corrected chi connectivity index (χ2v) is 7.54. The molecule has 5 heteroatoms. The van der Waals surface area contributed by atoms with Gasteiger partial charge in [0.2, 0.25) is 0 Å². The van der Waals surface area contributed by atoms with Gasteiger partial charge in [0, 0.05) is 12.6 Å². The Hall–Kier alpha value is -0.130. The van der Waals surface area contributed by atoms with Crippen LogP contribution in [0.1, 0.15) is 32.1 Å². The first kappa shape index (κ1) is 13.3. The van der Waals surface area contributed by atoms with Crippen LogP contribution in [0.5, 0.6) is 0 Å². The van der Waals surface area contributed by atoms with Gasteiger partial charge in [0.15, 0.2) is 9.84 Å². The summed E-state index contributed by atoms with van der Waals surface area (Å²) in [4.78, 5) is 2.50. The Labute approximate surface area is 105 Å². The zero-order valence-electron chi connectivity index (χ0n) is 10.5. The third kappa shape index (κ3) is 4.56. The van der Waals surface area contributed by atoms with Crippen LogP contribution in [-0.2, 0) is 9.84 Å². The number of nitrogens with zero attached hydrogens (tertiary/aromatic N) is 1. The first-order chi connectivity index (χ1) is 8.16. The Kier molecular flexibility index (Phi) is 4.82. The maximum absolute atomic E-state index is 11.5. The van der Waals surface area contributed by atoms with E-state index < -0.39 is 9.84 Å². The van der Waals surface area contributed by atoms with E-state index in [1.165, 1.54) is 38.8 Å². The molecule has 2 aliphatic heterocycles. The average Bonchev–Trinajstić information content (AvgIpc) is 2.53. The molecule has 0 spiro atoms. The zero-order valence-corrected chi connectivity index (χ0v) is 11.3. The normalized spacial score (nSPS) is 30.9. The lowest BCUT2D eigenvalue weighted by atomic mass is 10.2. The number of hydrogen-bond acceptors (Lipinski definition) is 4. The Bertz CT molecular complexity index is 321. The van der Waals surface area contributed by atoms with E-state index in [0.717, 1.165) is 13.0 Å². The average molecular weight is 260 g/mol. The fraction of sp³-hybridized carbons (Fsp3) is 1.00. The molecule has 0 aromatic carbocycles. The Balaban J connectivity index is 1.73. The van der Waals surface area contributed by atoms with E-state index in [-0.39, 0.29) is 6.04 Å². The third-order valence-corrected chi connectivity index (χ3v) is 5.53. The van der Waals surface area contributed by atoms with E-state index in [9.17, 15) is 8.42 Å². The van der Waals surface area contributed by atoms with Gasteiger partial charge in [-0.05, 0) is 38.9 Å². The molecule has 1 unspecified atom stereocenters. The summed E-state index contributed by atoms with van der Waals surface area (Å²) in [6.45, 7) is 4.07. The van der Waals surface area contributed by atoms with Gasteiger partial charge >= 0.3 is 0 Å². The predicted octanol–water partition coefficient (Wildman–Crippen LogP) is 0.639. The fourth-order valence-electron chi connectivity index (χ4n) is 2.75. The molecule has 100 valence electrons. The maximum atomic E-state index is 11.5. The molecule has 2 rings (SSSR count). The highest BCUT2D eigenvalue weighted by Gasteiger charge is 2.24. The molecule has 2 fully saturated rings. The minimum atomic E-state index is -2.77. The lowest BCUT2D eigenvalue weighted by molar-refractivity contribution is 0.268.